The van der Waals surface area contributed by atoms with Crippen LogP contribution in [0.25, 0.3) is 16.6 Å². The van der Waals surface area contributed by atoms with Crippen LogP contribution in [-0.2, 0) is 4.79 Å². The fraction of sp³-hybridized carbons (Fsp3) is 0.0833. The van der Waals surface area contributed by atoms with E-state index in [1.165, 1.54) is 16.3 Å². The molecule has 2 N–H and O–H groups in total. The van der Waals surface area contributed by atoms with Crippen molar-refractivity contribution in [2.75, 3.05) is 5.75 Å². The summed E-state index contributed by atoms with van der Waals surface area (Å²) in [4.78, 5) is 30.2. The zero-order valence-corrected chi connectivity index (χ0v) is 18.0. The summed E-state index contributed by atoms with van der Waals surface area (Å²) in [5.41, 5.74) is 4.98. The largest absolute Gasteiger partial charge is 0.508 e. The Balaban J connectivity index is 1.56. The van der Waals surface area contributed by atoms with E-state index in [4.69, 9.17) is 0 Å². The molecule has 0 aliphatic carbocycles. The van der Waals surface area contributed by atoms with E-state index < -0.39 is 0 Å². The standard InChI is InChI=1S/C24H20N4O3S/c1-16(17-11-13-19(29)14-12-17)26-27-22(30)15-32-24-25-21-10-6-5-9-20(21)23(31)28(24)18-7-3-2-4-8-18/h2-14,29H,15H2,1H3,(H,27,30)/b26-16+. The zero-order valence-electron chi connectivity index (χ0n) is 17.2. The maximum absolute atomic E-state index is 13.2. The molecule has 0 spiro atoms. The molecule has 3 aromatic carbocycles. The first-order valence-electron chi connectivity index (χ1n) is 9.85. The summed E-state index contributed by atoms with van der Waals surface area (Å²) in [6.45, 7) is 1.76. The maximum Gasteiger partial charge on any atom is 0.266 e. The van der Waals surface area contributed by atoms with Crippen molar-refractivity contribution in [1.29, 1.82) is 0 Å². The van der Waals surface area contributed by atoms with Crippen LogP contribution >= 0.6 is 11.8 Å². The number of phenols is 1. The van der Waals surface area contributed by atoms with Gasteiger partial charge in [0.1, 0.15) is 5.75 Å². The van der Waals surface area contributed by atoms with E-state index in [1.54, 1.807) is 49.4 Å². The second kappa shape index (κ2) is 9.49. The molecule has 1 heterocycles. The molecule has 7 nitrogen and oxygen atoms in total. The molecule has 0 bridgehead atoms. The summed E-state index contributed by atoms with van der Waals surface area (Å²) in [6, 6.07) is 22.9. The molecule has 1 amide bonds. The van der Waals surface area contributed by atoms with Crippen molar-refractivity contribution in [3.05, 3.63) is 94.8 Å². The van der Waals surface area contributed by atoms with Gasteiger partial charge in [-0.05, 0) is 61.0 Å². The summed E-state index contributed by atoms with van der Waals surface area (Å²) in [6.07, 6.45) is 0. The molecule has 0 fully saturated rings. The molecule has 160 valence electrons. The highest BCUT2D eigenvalue weighted by Gasteiger charge is 2.14. The van der Waals surface area contributed by atoms with E-state index in [0.29, 0.717) is 27.5 Å². The molecule has 0 aliphatic rings. The van der Waals surface area contributed by atoms with Crippen LogP contribution in [0, 0.1) is 0 Å². The molecular weight excluding hydrogens is 424 g/mol. The van der Waals surface area contributed by atoms with Crippen molar-refractivity contribution in [3.63, 3.8) is 0 Å². The van der Waals surface area contributed by atoms with Crippen molar-refractivity contribution in [1.82, 2.24) is 15.0 Å². The molecule has 8 heteroatoms. The Bertz CT molecular complexity index is 1350. The van der Waals surface area contributed by atoms with Gasteiger partial charge in [0.05, 0.1) is 28.1 Å². The minimum absolute atomic E-state index is 0.0317. The number of aromatic nitrogens is 2. The van der Waals surface area contributed by atoms with Crippen LogP contribution in [0.15, 0.2) is 93.9 Å². The van der Waals surface area contributed by atoms with E-state index in [9.17, 15) is 14.7 Å². The highest BCUT2D eigenvalue weighted by atomic mass is 32.2. The van der Waals surface area contributed by atoms with Crippen molar-refractivity contribution in [3.8, 4) is 11.4 Å². The number of hydrogen-bond acceptors (Lipinski definition) is 6. The Morgan fingerprint density at radius 3 is 2.47 bits per heavy atom. The van der Waals surface area contributed by atoms with Gasteiger partial charge in [-0.15, -0.1) is 0 Å². The Hall–Kier alpha value is -3.91. The molecule has 0 saturated carbocycles. The first-order chi connectivity index (χ1) is 15.5. The van der Waals surface area contributed by atoms with E-state index in [-0.39, 0.29) is 23.0 Å². The molecule has 4 aromatic rings. The predicted octanol–water partition coefficient (Wildman–Crippen LogP) is 3.72. The SMILES string of the molecule is C/C(=N\NC(=O)CSc1nc2ccccc2c(=O)n1-c1ccccc1)c1ccc(O)cc1. The molecule has 0 saturated heterocycles. The number of fused-ring (bicyclic) bond motifs is 1. The number of phenolic OH excluding ortho intramolecular Hbond substituents is 1. The summed E-state index contributed by atoms with van der Waals surface area (Å²) in [5.74, 6) is -0.131. The lowest BCUT2D eigenvalue weighted by Crippen LogP contribution is -2.24. The molecule has 4 rings (SSSR count). The second-order valence-corrected chi connectivity index (χ2v) is 7.90. The summed E-state index contributed by atoms with van der Waals surface area (Å²) < 4.78 is 1.52. The van der Waals surface area contributed by atoms with Crippen LogP contribution in [0.2, 0.25) is 0 Å². The average Bonchev–Trinajstić information content (AvgIpc) is 2.82. The van der Waals surface area contributed by atoms with Gasteiger partial charge in [-0.2, -0.15) is 5.10 Å². The fourth-order valence-corrected chi connectivity index (χ4v) is 3.89. The number of amides is 1. The van der Waals surface area contributed by atoms with E-state index in [1.807, 2.05) is 36.4 Å². The number of nitrogens with zero attached hydrogens (tertiary/aromatic N) is 3. The number of rotatable bonds is 6. The first kappa shape index (κ1) is 21.3. The molecular formula is C24H20N4O3S. The van der Waals surface area contributed by atoms with Crippen molar-refractivity contribution >= 4 is 34.3 Å². The van der Waals surface area contributed by atoms with Gasteiger partial charge in [0, 0.05) is 0 Å². The van der Waals surface area contributed by atoms with Gasteiger partial charge in [0.15, 0.2) is 5.16 Å². The van der Waals surface area contributed by atoms with Crippen LogP contribution in [0.1, 0.15) is 12.5 Å². The maximum atomic E-state index is 13.2. The first-order valence-corrected chi connectivity index (χ1v) is 10.8. The van der Waals surface area contributed by atoms with Gasteiger partial charge in [-0.3, -0.25) is 14.2 Å². The van der Waals surface area contributed by atoms with Crippen LogP contribution in [0.3, 0.4) is 0 Å². The van der Waals surface area contributed by atoms with E-state index in [2.05, 4.69) is 15.5 Å². The third kappa shape index (κ3) is 4.70. The van der Waals surface area contributed by atoms with E-state index in [0.717, 1.165) is 5.56 Å². The van der Waals surface area contributed by atoms with Crippen molar-refractivity contribution < 1.29 is 9.90 Å². The Morgan fingerprint density at radius 1 is 1.03 bits per heavy atom. The van der Waals surface area contributed by atoms with Gasteiger partial charge in [-0.1, -0.05) is 42.1 Å². The lowest BCUT2D eigenvalue weighted by molar-refractivity contribution is -0.118. The molecule has 0 unspecified atom stereocenters. The summed E-state index contributed by atoms with van der Waals surface area (Å²) in [7, 11) is 0. The molecule has 0 atom stereocenters. The topological polar surface area (TPSA) is 96.6 Å². The number of hydrogen-bond donors (Lipinski definition) is 2. The number of carbonyl (C=O) groups is 1. The molecule has 32 heavy (non-hydrogen) atoms. The molecule has 1 aromatic heterocycles. The van der Waals surface area contributed by atoms with Gasteiger partial charge in [0.2, 0.25) is 0 Å². The van der Waals surface area contributed by atoms with Crippen molar-refractivity contribution in [2.45, 2.75) is 12.1 Å². The monoisotopic (exact) mass is 444 g/mol. The third-order valence-corrected chi connectivity index (χ3v) is 5.66. The molecule has 0 radical (unpaired) electrons. The minimum atomic E-state index is -0.324. The lowest BCUT2D eigenvalue weighted by atomic mass is 10.1. The summed E-state index contributed by atoms with van der Waals surface area (Å²) in [5, 5.41) is 14.4. The van der Waals surface area contributed by atoms with Crippen LogP contribution in [0.4, 0.5) is 0 Å². The number of para-hydroxylation sites is 2. The number of thioether (sulfide) groups is 1. The number of nitrogens with one attached hydrogen (secondary N) is 1. The van der Waals surface area contributed by atoms with Gasteiger partial charge >= 0.3 is 0 Å². The molecule has 0 aliphatic heterocycles. The third-order valence-electron chi connectivity index (χ3n) is 4.73. The Morgan fingerprint density at radius 2 is 1.72 bits per heavy atom. The minimum Gasteiger partial charge on any atom is -0.508 e. The van der Waals surface area contributed by atoms with Gasteiger partial charge in [0.25, 0.3) is 11.5 Å². The highest BCUT2D eigenvalue weighted by Crippen LogP contribution is 2.21. The average molecular weight is 445 g/mol. The Labute approximate surface area is 188 Å². The van der Waals surface area contributed by atoms with E-state index >= 15 is 0 Å². The number of carbonyl (C=O) groups excluding carboxylic acids is 1. The van der Waals surface area contributed by atoms with Crippen molar-refractivity contribution in [2.24, 2.45) is 5.10 Å². The highest BCUT2D eigenvalue weighted by molar-refractivity contribution is 7.99. The van der Waals surface area contributed by atoms with Crippen LogP contribution < -0.4 is 11.0 Å². The predicted molar refractivity (Wildman–Crippen MR) is 127 cm³/mol. The quantitative estimate of drug-likeness (QED) is 0.204. The number of hydrazone groups is 1. The lowest BCUT2D eigenvalue weighted by Gasteiger charge is -2.13. The van der Waals surface area contributed by atoms with Crippen LogP contribution in [-0.4, -0.2) is 32.0 Å². The summed E-state index contributed by atoms with van der Waals surface area (Å²) >= 11 is 1.17. The smallest absolute Gasteiger partial charge is 0.266 e. The zero-order chi connectivity index (χ0) is 22.5. The van der Waals surface area contributed by atoms with Gasteiger partial charge < -0.3 is 5.11 Å². The second-order valence-electron chi connectivity index (χ2n) is 6.96. The normalized spacial score (nSPS) is 11.5. The Kier molecular flexibility index (Phi) is 6.32. The van der Waals surface area contributed by atoms with Gasteiger partial charge in [-0.25, -0.2) is 10.4 Å². The fourth-order valence-electron chi connectivity index (χ4n) is 3.09. The number of aromatic hydroxyl groups is 1. The number of benzene rings is 3. The van der Waals surface area contributed by atoms with Crippen LogP contribution in [0.5, 0.6) is 5.75 Å².